The first-order chi connectivity index (χ1) is 12.9. The van der Waals surface area contributed by atoms with E-state index in [1.807, 2.05) is 11.8 Å². The lowest BCUT2D eigenvalue weighted by atomic mass is 9.83. The van der Waals surface area contributed by atoms with Crippen LogP contribution < -0.4 is 4.74 Å². The van der Waals surface area contributed by atoms with Crippen molar-refractivity contribution in [2.45, 2.75) is 25.4 Å². The fourth-order valence-corrected chi connectivity index (χ4v) is 3.89. The quantitative estimate of drug-likeness (QED) is 0.830. The van der Waals surface area contributed by atoms with Crippen molar-refractivity contribution in [3.8, 4) is 5.75 Å². The second kappa shape index (κ2) is 7.94. The molecule has 28 heavy (non-hydrogen) atoms. The van der Waals surface area contributed by atoms with E-state index in [0.717, 1.165) is 16.7 Å². The number of hydrogen-bond donors (Lipinski definition) is 1. The van der Waals surface area contributed by atoms with E-state index in [2.05, 4.69) is 30.3 Å². The predicted octanol–water partition coefficient (Wildman–Crippen LogP) is 4.30. The number of carboxylic acids is 1. The highest BCUT2D eigenvalue weighted by molar-refractivity contribution is 5.85. The summed E-state index contributed by atoms with van der Waals surface area (Å²) >= 11 is 0. The summed E-state index contributed by atoms with van der Waals surface area (Å²) in [7, 11) is 0. The summed E-state index contributed by atoms with van der Waals surface area (Å²) in [5.74, 6) is -0.587. The van der Waals surface area contributed by atoms with E-state index < -0.39 is 11.6 Å². The molecule has 0 saturated carbocycles. The number of likely N-dealkylation sites (tertiary alicyclic amines) is 1. The van der Waals surface area contributed by atoms with Crippen molar-refractivity contribution in [1.29, 1.82) is 0 Å². The largest absolute Gasteiger partial charge is 0.482 e. The number of rotatable bonds is 3. The Hall–Kier alpha value is -2.37. The number of carbonyl (C=O) groups is 1. The van der Waals surface area contributed by atoms with Crippen LogP contribution in [-0.4, -0.2) is 41.2 Å². The molecule has 2 aromatic rings. The number of ether oxygens (including phenoxy) is 1. The van der Waals surface area contributed by atoms with Gasteiger partial charge in [-0.2, -0.15) is 0 Å². The van der Waals surface area contributed by atoms with Crippen LogP contribution in [0.1, 0.15) is 29.5 Å². The maximum atomic E-state index is 13.9. The lowest BCUT2D eigenvalue weighted by Crippen LogP contribution is -2.49. The van der Waals surface area contributed by atoms with E-state index >= 15 is 0 Å². The molecule has 2 heterocycles. The van der Waals surface area contributed by atoms with Crippen LogP contribution in [0.25, 0.3) is 5.57 Å². The summed E-state index contributed by atoms with van der Waals surface area (Å²) in [4.78, 5) is 12.9. The summed E-state index contributed by atoms with van der Waals surface area (Å²) in [6.07, 6.45) is 3.49. The Bertz CT molecular complexity index is 902. The number of piperidine rings is 1. The van der Waals surface area contributed by atoms with Gasteiger partial charge in [0.25, 0.3) is 0 Å². The van der Waals surface area contributed by atoms with E-state index in [0.29, 0.717) is 31.7 Å². The van der Waals surface area contributed by atoms with Crippen LogP contribution >= 0.6 is 12.4 Å². The van der Waals surface area contributed by atoms with Gasteiger partial charge in [0.2, 0.25) is 0 Å². The molecule has 148 valence electrons. The van der Waals surface area contributed by atoms with Crippen molar-refractivity contribution in [3.05, 3.63) is 71.0 Å². The van der Waals surface area contributed by atoms with Crippen molar-refractivity contribution in [1.82, 2.24) is 4.90 Å². The van der Waals surface area contributed by atoms with E-state index in [1.165, 1.54) is 17.7 Å². The van der Waals surface area contributed by atoms with Gasteiger partial charge in [-0.15, -0.1) is 12.4 Å². The Kier molecular flexibility index (Phi) is 5.77. The molecule has 2 aliphatic rings. The predicted molar refractivity (Wildman–Crippen MR) is 109 cm³/mol. The van der Waals surface area contributed by atoms with Crippen LogP contribution in [0.5, 0.6) is 5.75 Å². The fraction of sp³-hybridized carbons (Fsp3) is 0.318. The number of carboxylic acid groups (broad SMARTS) is 1. The highest BCUT2D eigenvalue weighted by Crippen LogP contribution is 2.43. The number of fused-ring (bicyclic) bond motifs is 1. The third-order valence-corrected chi connectivity index (χ3v) is 5.38. The van der Waals surface area contributed by atoms with Gasteiger partial charge in [-0.3, -0.25) is 9.69 Å². The average molecular weight is 404 g/mol. The highest BCUT2D eigenvalue weighted by Gasteiger charge is 2.39. The van der Waals surface area contributed by atoms with Crippen molar-refractivity contribution < 1.29 is 19.0 Å². The monoisotopic (exact) mass is 403 g/mol. The van der Waals surface area contributed by atoms with Crippen LogP contribution in [0, 0.1) is 12.7 Å². The Labute approximate surface area is 170 Å². The topological polar surface area (TPSA) is 49.8 Å². The molecule has 0 aliphatic carbocycles. The highest BCUT2D eigenvalue weighted by atomic mass is 35.5. The van der Waals surface area contributed by atoms with Crippen molar-refractivity contribution in [2.75, 3.05) is 19.6 Å². The Morgan fingerprint density at radius 2 is 1.86 bits per heavy atom. The Morgan fingerprint density at radius 1 is 1.18 bits per heavy atom. The van der Waals surface area contributed by atoms with E-state index in [9.17, 15) is 9.18 Å². The fourth-order valence-electron chi connectivity index (χ4n) is 3.89. The van der Waals surface area contributed by atoms with Crippen LogP contribution in [0.3, 0.4) is 0 Å². The first-order valence-electron chi connectivity index (χ1n) is 9.17. The lowest BCUT2D eigenvalue weighted by molar-refractivity contribution is -0.139. The maximum Gasteiger partial charge on any atom is 0.317 e. The summed E-state index contributed by atoms with van der Waals surface area (Å²) in [6.45, 7) is 3.35. The van der Waals surface area contributed by atoms with Gasteiger partial charge in [0.05, 0.1) is 6.54 Å². The van der Waals surface area contributed by atoms with Crippen LogP contribution in [0.4, 0.5) is 4.39 Å². The van der Waals surface area contributed by atoms with Gasteiger partial charge in [-0.1, -0.05) is 29.8 Å². The van der Waals surface area contributed by atoms with E-state index in [1.54, 1.807) is 6.07 Å². The molecule has 1 spiro atoms. The molecular weight excluding hydrogens is 381 g/mol. The molecule has 0 aromatic heterocycles. The van der Waals surface area contributed by atoms with Crippen molar-refractivity contribution in [2.24, 2.45) is 0 Å². The van der Waals surface area contributed by atoms with Crippen LogP contribution in [0.15, 0.2) is 48.5 Å². The molecule has 4 nitrogen and oxygen atoms in total. The van der Waals surface area contributed by atoms with Crippen molar-refractivity contribution >= 4 is 23.9 Å². The first kappa shape index (κ1) is 20.4. The van der Waals surface area contributed by atoms with Crippen LogP contribution in [0.2, 0.25) is 0 Å². The Balaban J connectivity index is 0.00000225. The summed E-state index contributed by atoms with van der Waals surface area (Å²) in [5, 5.41) is 9.01. The number of hydrogen-bond acceptors (Lipinski definition) is 3. The number of benzene rings is 2. The summed E-state index contributed by atoms with van der Waals surface area (Å²) in [5.41, 5.74) is 3.66. The zero-order valence-electron chi connectivity index (χ0n) is 15.7. The van der Waals surface area contributed by atoms with E-state index in [4.69, 9.17) is 9.84 Å². The second-order valence-corrected chi connectivity index (χ2v) is 7.40. The molecule has 4 rings (SSSR count). The van der Waals surface area contributed by atoms with Gasteiger partial charge in [-0.05, 0) is 36.3 Å². The van der Waals surface area contributed by atoms with E-state index in [-0.39, 0.29) is 24.8 Å². The molecule has 0 unspecified atom stereocenters. The molecular formula is C22H23ClFNO3. The molecule has 0 bridgehead atoms. The van der Waals surface area contributed by atoms with Crippen molar-refractivity contribution in [3.63, 3.8) is 0 Å². The van der Waals surface area contributed by atoms with Gasteiger partial charge in [0.1, 0.15) is 17.2 Å². The Morgan fingerprint density at radius 3 is 2.50 bits per heavy atom. The molecule has 2 aliphatic heterocycles. The maximum absolute atomic E-state index is 13.9. The number of nitrogens with zero attached hydrogens (tertiary/aromatic N) is 1. The lowest BCUT2D eigenvalue weighted by Gasteiger charge is -2.42. The smallest absolute Gasteiger partial charge is 0.317 e. The number of aliphatic carboxylic acids is 1. The number of aryl methyl sites for hydroxylation is 1. The third-order valence-electron chi connectivity index (χ3n) is 5.38. The third kappa shape index (κ3) is 4.05. The van der Waals surface area contributed by atoms with Gasteiger partial charge in [0, 0.05) is 37.6 Å². The summed E-state index contributed by atoms with van der Waals surface area (Å²) in [6, 6.07) is 13.0. The van der Waals surface area contributed by atoms with Gasteiger partial charge >= 0.3 is 5.97 Å². The molecule has 2 aromatic carbocycles. The molecule has 1 saturated heterocycles. The number of halogens is 2. The minimum absolute atomic E-state index is 0. The van der Waals surface area contributed by atoms with Gasteiger partial charge < -0.3 is 9.84 Å². The molecule has 1 fully saturated rings. The molecule has 1 N–H and O–H groups in total. The SMILES string of the molecule is Cc1ccc(C2=CC3(CCN(CC(=O)O)CC3)Oc3cc(F)ccc32)cc1.Cl. The first-order valence-corrected chi connectivity index (χ1v) is 9.17. The minimum atomic E-state index is -0.821. The van der Waals surface area contributed by atoms with Crippen LogP contribution in [-0.2, 0) is 4.79 Å². The average Bonchev–Trinajstić information content (AvgIpc) is 2.63. The zero-order chi connectivity index (χ0) is 19.0. The molecule has 6 heteroatoms. The van der Waals surface area contributed by atoms with Gasteiger partial charge in [-0.25, -0.2) is 4.39 Å². The minimum Gasteiger partial charge on any atom is -0.482 e. The normalized spacial score (nSPS) is 17.9. The van der Waals surface area contributed by atoms with Gasteiger partial charge in [0.15, 0.2) is 0 Å². The zero-order valence-corrected chi connectivity index (χ0v) is 16.5. The molecule has 0 atom stereocenters. The molecule has 0 amide bonds. The second-order valence-electron chi connectivity index (χ2n) is 7.40. The molecule has 0 radical (unpaired) electrons. The standard InChI is InChI=1S/C22H22FNO3.ClH/c1-15-2-4-16(5-3-15)19-13-22(8-10-24(11-9-22)14-21(25)26)27-20-12-17(23)6-7-18(19)20;/h2-7,12-13H,8-11,14H2,1H3,(H,25,26);1H. The summed E-state index contributed by atoms with van der Waals surface area (Å²) < 4.78 is 20.1.